The van der Waals surface area contributed by atoms with Gasteiger partial charge in [0.25, 0.3) is 5.56 Å². The first-order valence-corrected chi connectivity index (χ1v) is 14.2. The van der Waals surface area contributed by atoms with Crippen LogP contribution in [0.1, 0.15) is 31.8 Å². The number of aromatic nitrogens is 2. The minimum Gasteiger partial charge on any atom is -0.459 e. The Hall–Kier alpha value is -5.81. The Labute approximate surface area is 262 Å². The number of hydrogen-bond donors (Lipinski definition) is 1. The van der Waals surface area contributed by atoms with E-state index in [2.05, 4.69) is 4.98 Å². The number of ether oxygens (including phenoxy) is 4. The van der Waals surface area contributed by atoms with Crippen molar-refractivity contribution >= 4 is 11.9 Å². The van der Waals surface area contributed by atoms with E-state index < -0.39 is 35.1 Å². The van der Waals surface area contributed by atoms with Crippen molar-refractivity contribution < 1.29 is 32.9 Å². The number of nitrogens with zero attached hydrogens (tertiary/aromatic N) is 1. The second-order valence-corrected chi connectivity index (χ2v) is 10.1. The van der Waals surface area contributed by atoms with Crippen LogP contribution in [-0.2, 0) is 27.4 Å². The molecule has 0 atom stereocenters. The molecule has 0 aliphatic heterocycles. The predicted molar refractivity (Wildman–Crippen MR) is 165 cm³/mol. The van der Waals surface area contributed by atoms with Gasteiger partial charge in [-0.3, -0.25) is 14.3 Å². The van der Waals surface area contributed by atoms with Crippen LogP contribution in [0.4, 0.5) is 4.39 Å². The first-order chi connectivity index (χ1) is 22.3. The highest BCUT2D eigenvalue weighted by Crippen LogP contribution is 2.23. The number of benzene rings is 4. The Bertz CT molecular complexity index is 1850. The Morgan fingerprint density at radius 2 is 1.33 bits per heavy atom. The molecule has 0 aliphatic carbocycles. The van der Waals surface area contributed by atoms with Gasteiger partial charge < -0.3 is 18.9 Å². The highest BCUT2D eigenvalue weighted by molar-refractivity contribution is 5.89. The third-order valence-corrected chi connectivity index (χ3v) is 6.68. The Balaban J connectivity index is 1.27. The Kier molecular flexibility index (Phi) is 10.5. The lowest BCUT2D eigenvalue weighted by Crippen LogP contribution is -2.35. The summed E-state index contributed by atoms with van der Waals surface area (Å²) < 4.78 is 37.1. The first kappa shape index (κ1) is 31.6. The molecule has 0 unspecified atom stereocenters. The van der Waals surface area contributed by atoms with E-state index in [0.717, 1.165) is 4.57 Å². The second-order valence-electron chi connectivity index (χ2n) is 10.1. The molecule has 0 saturated carbocycles. The number of H-pyrrole nitrogens is 1. The summed E-state index contributed by atoms with van der Waals surface area (Å²) in [4.78, 5) is 52.7. The molecule has 0 spiro atoms. The van der Waals surface area contributed by atoms with Gasteiger partial charge in [0, 0.05) is 24.2 Å². The molecule has 1 aromatic heterocycles. The van der Waals surface area contributed by atoms with Crippen molar-refractivity contribution in [2.45, 2.75) is 19.3 Å². The predicted octanol–water partition coefficient (Wildman–Crippen LogP) is 5.12. The summed E-state index contributed by atoms with van der Waals surface area (Å²) in [5.41, 5.74) is 0.308. The van der Waals surface area contributed by atoms with Crippen LogP contribution in [0.3, 0.4) is 0 Å². The molecule has 46 heavy (non-hydrogen) atoms. The maximum absolute atomic E-state index is 13.6. The summed E-state index contributed by atoms with van der Waals surface area (Å²) in [6.07, 6.45) is 0.562. The van der Waals surface area contributed by atoms with Crippen molar-refractivity contribution in [1.82, 2.24) is 9.55 Å². The van der Waals surface area contributed by atoms with Gasteiger partial charge in [0.15, 0.2) is 0 Å². The SMILES string of the molecule is O=C(OCC(COC(=O)c1ccccc1)OCn1cc(Cc2cccc(Oc3cccc(F)c3)c2)c(=O)[nH]c1=O)c1ccccc1. The van der Waals surface area contributed by atoms with Crippen LogP contribution in [0.2, 0.25) is 0 Å². The summed E-state index contributed by atoms with van der Waals surface area (Å²) in [7, 11) is 0. The number of carbonyl (C=O) groups excluding carboxylic acids is 2. The minimum absolute atomic E-state index is 0.142. The molecule has 11 heteroatoms. The van der Waals surface area contributed by atoms with Crippen molar-refractivity contribution in [3.63, 3.8) is 0 Å². The molecule has 1 N–H and O–H groups in total. The number of nitrogens with one attached hydrogen (secondary N) is 1. The first-order valence-electron chi connectivity index (χ1n) is 14.2. The maximum Gasteiger partial charge on any atom is 0.338 e. The number of carbonyl (C=O) groups is 2. The van der Waals surface area contributed by atoms with Crippen molar-refractivity contribution in [2.24, 2.45) is 0 Å². The van der Waals surface area contributed by atoms with E-state index in [1.807, 2.05) is 0 Å². The molecule has 10 nitrogen and oxygen atoms in total. The highest BCUT2D eigenvalue weighted by atomic mass is 19.1. The van der Waals surface area contributed by atoms with Gasteiger partial charge in [0.2, 0.25) is 0 Å². The quantitative estimate of drug-likeness (QED) is 0.179. The van der Waals surface area contributed by atoms with Gasteiger partial charge in [-0.1, -0.05) is 54.6 Å². The van der Waals surface area contributed by atoms with Crippen LogP contribution < -0.4 is 16.0 Å². The molecule has 0 fully saturated rings. The molecule has 234 valence electrons. The van der Waals surface area contributed by atoms with E-state index in [1.54, 1.807) is 91.0 Å². The molecule has 5 aromatic rings. The lowest BCUT2D eigenvalue weighted by Gasteiger charge is -2.19. The standard InChI is InChI=1S/C35H29FN2O8/c36-28-14-8-16-30(19-28)46-29-15-7-9-24(18-29)17-27-20-38(35(42)37-32(27)39)23-45-31(21-43-33(40)25-10-3-1-4-11-25)22-44-34(41)26-12-5-2-6-13-26/h1-16,18-20,31H,17,21-23H2,(H,37,39,42). The zero-order valence-corrected chi connectivity index (χ0v) is 24.5. The van der Waals surface area contributed by atoms with Crippen molar-refractivity contribution in [3.05, 3.63) is 164 Å². The Morgan fingerprint density at radius 1 is 0.739 bits per heavy atom. The van der Waals surface area contributed by atoms with Gasteiger partial charge in [-0.05, 0) is 54.1 Å². The van der Waals surface area contributed by atoms with Crippen LogP contribution in [-0.4, -0.2) is 40.8 Å². The second kappa shape index (κ2) is 15.3. The molecule has 5 rings (SSSR count). The molecule has 0 radical (unpaired) electrons. The highest BCUT2D eigenvalue weighted by Gasteiger charge is 2.18. The van der Waals surface area contributed by atoms with Gasteiger partial charge in [-0.2, -0.15) is 0 Å². The van der Waals surface area contributed by atoms with Gasteiger partial charge in [-0.25, -0.2) is 18.8 Å². The van der Waals surface area contributed by atoms with Crippen LogP contribution >= 0.6 is 0 Å². The lowest BCUT2D eigenvalue weighted by molar-refractivity contribution is -0.0636. The molecule has 1 heterocycles. The molecule has 0 bridgehead atoms. The van der Waals surface area contributed by atoms with Gasteiger partial charge >= 0.3 is 17.6 Å². The normalized spacial score (nSPS) is 10.8. The Morgan fingerprint density at radius 3 is 1.93 bits per heavy atom. The average Bonchev–Trinajstić information content (AvgIpc) is 3.07. The number of rotatable bonds is 13. The lowest BCUT2D eigenvalue weighted by atomic mass is 10.1. The fourth-order valence-electron chi connectivity index (χ4n) is 4.36. The molecule has 0 saturated heterocycles. The number of aromatic amines is 1. The molecular weight excluding hydrogens is 595 g/mol. The van der Waals surface area contributed by atoms with E-state index in [9.17, 15) is 23.6 Å². The molecular formula is C35H29FN2O8. The van der Waals surface area contributed by atoms with Crippen LogP contribution in [0, 0.1) is 5.82 Å². The maximum atomic E-state index is 13.6. The average molecular weight is 625 g/mol. The largest absolute Gasteiger partial charge is 0.459 e. The number of halogens is 1. The topological polar surface area (TPSA) is 126 Å². The van der Waals surface area contributed by atoms with Crippen LogP contribution in [0.5, 0.6) is 11.5 Å². The zero-order valence-electron chi connectivity index (χ0n) is 24.5. The summed E-state index contributed by atoms with van der Waals surface area (Å²) in [6, 6.07) is 29.3. The van der Waals surface area contributed by atoms with E-state index in [-0.39, 0.29) is 31.9 Å². The van der Waals surface area contributed by atoms with Crippen molar-refractivity contribution in [3.8, 4) is 11.5 Å². The smallest absolute Gasteiger partial charge is 0.338 e. The van der Waals surface area contributed by atoms with Gasteiger partial charge in [0.1, 0.15) is 43.4 Å². The third kappa shape index (κ3) is 8.87. The van der Waals surface area contributed by atoms with Crippen molar-refractivity contribution in [2.75, 3.05) is 13.2 Å². The minimum atomic E-state index is -0.945. The van der Waals surface area contributed by atoms with E-state index >= 15 is 0 Å². The van der Waals surface area contributed by atoms with Gasteiger partial charge in [0.05, 0.1) is 11.1 Å². The number of hydrogen-bond acceptors (Lipinski definition) is 8. The fraction of sp³-hybridized carbons (Fsp3) is 0.143. The van der Waals surface area contributed by atoms with Crippen molar-refractivity contribution in [1.29, 1.82) is 0 Å². The fourth-order valence-corrected chi connectivity index (χ4v) is 4.36. The molecule has 0 amide bonds. The van der Waals surface area contributed by atoms with Gasteiger partial charge in [-0.15, -0.1) is 0 Å². The number of esters is 2. The zero-order chi connectivity index (χ0) is 32.3. The summed E-state index contributed by atoms with van der Waals surface area (Å²) >= 11 is 0. The molecule has 0 aliphatic rings. The van der Waals surface area contributed by atoms with E-state index in [4.69, 9.17) is 18.9 Å². The van der Waals surface area contributed by atoms with E-state index in [1.165, 1.54) is 24.4 Å². The van der Waals surface area contributed by atoms with Crippen LogP contribution in [0.25, 0.3) is 0 Å². The van der Waals surface area contributed by atoms with Crippen LogP contribution in [0.15, 0.2) is 125 Å². The summed E-state index contributed by atoms with van der Waals surface area (Å²) in [5, 5.41) is 0. The monoisotopic (exact) mass is 624 g/mol. The molecule has 4 aromatic carbocycles. The summed E-state index contributed by atoms with van der Waals surface area (Å²) in [5.74, 6) is -0.879. The third-order valence-electron chi connectivity index (χ3n) is 6.68. The van der Waals surface area contributed by atoms with E-state index in [0.29, 0.717) is 28.2 Å². The summed E-state index contributed by atoms with van der Waals surface area (Å²) in [6.45, 7) is -0.903.